The summed E-state index contributed by atoms with van der Waals surface area (Å²) in [6.45, 7) is 0. The smallest absolute Gasteiger partial charge is 0.216 e. The zero-order valence-corrected chi connectivity index (χ0v) is 16.1. The van der Waals surface area contributed by atoms with E-state index in [4.69, 9.17) is 35.4 Å². The number of nitrogens with one attached hydrogen (secondary N) is 2. The topological polar surface area (TPSA) is 74.7 Å². The van der Waals surface area contributed by atoms with E-state index in [2.05, 4.69) is 25.5 Å². The average molecular weight is 415 g/mol. The lowest BCUT2D eigenvalue weighted by molar-refractivity contribution is 0.865. The second-order valence-electron chi connectivity index (χ2n) is 5.61. The lowest BCUT2D eigenvalue weighted by Crippen LogP contribution is -1.95. The Morgan fingerprint density at radius 3 is 2.59 bits per heavy atom. The summed E-state index contributed by atoms with van der Waals surface area (Å²) in [7, 11) is 0. The molecule has 0 unspecified atom stereocenters. The number of halogens is 2. The minimum absolute atomic E-state index is 0.349. The molecular weight excluding hydrogens is 403 g/mol. The predicted molar refractivity (Wildman–Crippen MR) is 110 cm³/mol. The molecule has 9 heteroatoms. The van der Waals surface area contributed by atoms with Gasteiger partial charge in [-0.25, -0.2) is 5.10 Å². The third kappa shape index (κ3) is 3.71. The maximum absolute atomic E-state index is 6.19. The van der Waals surface area contributed by atoms with Gasteiger partial charge in [0.2, 0.25) is 10.6 Å². The third-order valence-electron chi connectivity index (χ3n) is 3.81. The van der Waals surface area contributed by atoms with E-state index >= 15 is 0 Å². The summed E-state index contributed by atoms with van der Waals surface area (Å²) in [5.41, 5.74) is 3.19. The van der Waals surface area contributed by atoms with E-state index in [0.717, 1.165) is 11.3 Å². The van der Waals surface area contributed by atoms with Gasteiger partial charge >= 0.3 is 0 Å². The molecule has 4 rings (SSSR count). The summed E-state index contributed by atoms with van der Waals surface area (Å²) in [4.78, 5) is 0. The van der Waals surface area contributed by atoms with Crippen molar-refractivity contribution in [3.8, 4) is 22.8 Å². The number of hydrogen-bond acceptors (Lipinski definition) is 4. The Morgan fingerprint density at radius 1 is 1.00 bits per heavy atom. The van der Waals surface area contributed by atoms with Crippen LogP contribution in [-0.4, -0.2) is 31.3 Å². The highest BCUT2D eigenvalue weighted by atomic mass is 35.5. The Balaban J connectivity index is 1.69. The summed E-state index contributed by atoms with van der Waals surface area (Å²) in [6, 6.07) is 16.9. The van der Waals surface area contributed by atoms with E-state index in [1.54, 1.807) is 24.4 Å². The molecule has 6 nitrogen and oxygen atoms in total. The molecule has 2 heterocycles. The summed E-state index contributed by atoms with van der Waals surface area (Å²) in [5.74, 6) is 0.510. The molecule has 0 amide bonds. The number of nitrogens with zero attached hydrogens (tertiary/aromatic N) is 4. The van der Waals surface area contributed by atoms with Gasteiger partial charge in [-0.05, 0) is 30.4 Å². The van der Waals surface area contributed by atoms with Crippen LogP contribution in [0.1, 0.15) is 5.56 Å². The first-order valence-corrected chi connectivity index (χ1v) is 9.06. The zero-order chi connectivity index (χ0) is 18.8. The van der Waals surface area contributed by atoms with Gasteiger partial charge < -0.3 is 0 Å². The van der Waals surface area contributed by atoms with Gasteiger partial charge in [0.15, 0.2) is 0 Å². The fourth-order valence-corrected chi connectivity index (χ4v) is 3.13. The fourth-order valence-electron chi connectivity index (χ4n) is 2.49. The molecule has 27 heavy (non-hydrogen) atoms. The molecular formula is C18H12Cl2N6S. The van der Waals surface area contributed by atoms with Crippen LogP contribution in [0, 0.1) is 4.77 Å². The van der Waals surface area contributed by atoms with Crippen molar-refractivity contribution in [1.29, 1.82) is 0 Å². The molecule has 2 aromatic carbocycles. The third-order valence-corrected chi connectivity index (χ3v) is 4.64. The van der Waals surface area contributed by atoms with Crippen molar-refractivity contribution in [2.24, 2.45) is 5.10 Å². The molecule has 0 bridgehead atoms. The average Bonchev–Trinajstić information content (AvgIpc) is 3.29. The summed E-state index contributed by atoms with van der Waals surface area (Å²) in [5, 5.41) is 19.8. The van der Waals surface area contributed by atoms with Gasteiger partial charge in [-0.15, -0.1) is 0 Å². The van der Waals surface area contributed by atoms with Gasteiger partial charge in [0, 0.05) is 16.1 Å². The van der Waals surface area contributed by atoms with Crippen LogP contribution in [0.2, 0.25) is 10.0 Å². The molecule has 0 aliphatic heterocycles. The Labute approximate surface area is 169 Å². The van der Waals surface area contributed by atoms with Crippen LogP contribution in [0.25, 0.3) is 22.8 Å². The van der Waals surface area contributed by atoms with E-state index in [1.807, 2.05) is 36.4 Å². The van der Waals surface area contributed by atoms with Gasteiger partial charge in [-0.1, -0.05) is 59.6 Å². The van der Waals surface area contributed by atoms with E-state index in [9.17, 15) is 0 Å². The molecule has 4 aromatic rings. The number of aromatic amines is 2. The van der Waals surface area contributed by atoms with E-state index in [0.29, 0.717) is 31.9 Å². The SMILES string of the molecule is S=c1[nH]nc(-c2cc(-c3ccccc3)n[nH]2)n1/N=C\c1ccc(Cl)cc1Cl. The Morgan fingerprint density at radius 2 is 1.81 bits per heavy atom. The number of aromatic nitrogens is 5. The predicted octanol–water partition coefficient (Wildman–Crippen LogP) is 5.19. The molecule has 2 aromatic heterocycles. The highest BCUT2D eigenvalue weighted by molar-refractivity contribution is 7.71. The molecule has 2 N–H and O–H groups in total. The first-order chi connectivity index (χ1) is 13.1. The van der Waals surface area contributed by atoms with Crippen molar-refractivity contribution >= 4 is 41.6 Å². The summed E-state index contributed by atoms with van der Waals surface area (Å²) in [6.07, 6.45) is 1.60. The van der Waals surface area contributed by atoms with E-state index < -0.39 is 0 Å². The van der Waals surface area contributed by atoms with Gasteiger partial charge in [-0.2, -0.15) is 20.0 Å². The van der Waals surface area contributed by atoms with Crippen LogP contribution in [0.15, 0.2) is 59.7 Å². The molecule has 0 aliphatic carbocycles. The Kier molecular flexibility index (Phi) is 4.89. The second kappa shape index (κ2) is 7.48. The molecule has 0 atom stereocenters. The molecule has 0 saturated heterocycles. The molecule has 0 radical (unpaired) electrons. The first-order valence-electron chi connectivity index (χ1n) is 7.90. The maximum atomic E-state index is 6.19. The fraction of sp³-hybridized carbons (Fsp3) is 0. The van der Waals surface area contributed by atoms with Crippen LogP contribution < -0.4 is 0 Å². The molecule has 0 spiro atoms. The number of rotatable bonds is 4. The van der Waals surface area contributed by atoms with Crippen molar-refractivity contribution in [3.63, 3.8) is 0 Å². The van der Waals surface area contributed by atoms with Crippen LogP contribution in [0.5, 0.6) is 0 Å². The van der Waals surface area contributed by atoms with Crippen LogP contribution in [0.3, 0.4) is 0 Å². The minimum atomic E-state index is 0.349. The molecule has 134 valence electrons. The lowest BCUT2D eigenvalue weighted by Gasteiger charge is -2.00. The highest BCUT2D eigenvalue weighted by Gasteiger charge is 2.12. The first kappa shape index (κ1) is 17.7. The van der Waals surface area contributed by atoms with Crippen molar-refractivity contribution in [3.05, 3.63) is 75.0 Å². The van der Waals surface area contributed by atoms with Gasteiger partial charge in [0.25, 0.3) is 0 Å². The lowest BCUT2D eigenvalue weighted by atomic mass is 10.1. The van der Waals surface area contributed by atoms with Crippen molar-refractivity contribution in [2.75, 3.05) is 0 Å². The highest BCUT2D eigenvalue weighted by Crippen LogP contribution is 2.23. The number of hydrogen-bond donors (Lipinski definition) is 2. The summed E-state index contributed by atoms with van der Waals surface area (Å²) >= 11 is 17.4. The molecule has 0 fully saturated rings. The number of benzene rings is 2. The van der Waals surface area contributed by atoms with Crippen LogP contribution >= 0.6 is 35.4 Å². The number of H-pyrrole nitrogens is 2. The minimum Gasteiger partial charge on any atom is -0.274 e. The van der Waals surface area contributed by atoms with Crippen molar-refractivity contribution in [1.82, 2.24) is 25.1 Å². The Hall–Kier alpha value is -2.74. The quantitative estimate of drug-likeness (QED) is 0.356. The van der Waals surface area contributed by atoms with Gasteiger partial charge in [0.1, 0.15) is 5.69 Å². The normalized spacial score (nSPS) is 11.3. The van der Waals surface area contributed by atoms with Crippen molar-refractivity contribution in [2.45, 2.75) is 0 Å². The van der Waals surface area contributed by atoms with Crippen molar-refractivity contribution < 1.29 is 0 Å². The summed E-state index contributed by atoms with van der Waals surface area (Å²) < 4.78 is 1.85. The zero-order valence-electron chi connectivity index (χ0n) is 13.7. The van der Waals surface area contributed by atoms with Crippen LogP contribution in [-0.2, 0) is 0 Å². The van der Waals surface area contributed by atoms with E-state index in [-0.39, 0.29) is 0 Å². The largest absolute Gasteiger partial charge is 0.274 e. The van der Waals surface area contributed by atoms with Gasteiger partial charge in [0.05, 0.1) is 16.9 Å². The standard InChI is InChI=1S/C18H12Cl2N6S/c19-13-7-6-12(14(20)8-13)10-21-26-17(24-25-18(26)27)16-9-15(22-23-16)11-4-2-1-3-5-11/h1-10H,(H,22,23)(H,25,27)/b21-10-. The van der Waals surface area contributed by atoms with Gasteiger partial charge in [-0.3, -0.25) is 5.10 Å². The Bertz CT molecular complexity index is 1180. The maximum Gasteiger partial charge on any atom is 0.216 e. The molecule has 0 saturated carbocycles. The van der Waals surface area contributed by atoms with E-state index in [1.165, 1.54) is 4.68 Å². The monoisotopic (exact) mass is 414 g/mol. The van der Waals surface area contributed by atoms with Crippen LogP contribution in [0.4, 0.5) is 0 Å². The second-order valence-corrected chi connectivity index (χ2v) is 6.84. The molecule has 0 aliphatic rings.